The van der Waals surface area contributed by atoms with E-state index in [2.05, 4.69) is 0 Å². The highest BCUT2D eigenvalue weighted by Gasteiger charge is 2.75. The molecule has 3 fully saturated rings. The minimum atomic E-state index is -1.59. The summed E-state index contributed by atoms with van der Waals surface area (Å²) in [6, 6.07) is 0. The summed E-state index contributed by atoms with van der Waals surface area (Å²) in [7, 11) is 0. The molecule has 10 atom stereocenters. The van der Waals surface area contributed by atoms with Crippen LogP contribution in [0.1, 0.15) is 75.2 Å². The predicted molar refractivity (Wildman–Crippen MR) is 143 cm³/mol. The molecule has 1 saturated heterocycles. The largest absolute Gasteiger partial charge is 0.462 e. The topological polar surface area (TPSA) is 161 Å². The zero-order chi connectivity index (χ0) is 31.5. The molecular weight excluding hydrogens is 552 g/mol. The number of carbonyl (C=O) groups excluding carboxylic acids is 5. The van der Waals surface area contributed by atoms with Crippen LogP contribution in [-0.2, 0) is 52.4 Å². The van der Waals surface area contributed by atoms with E-state index in [1.807, 2.05) is 13.8 Å². The Hall–Kier alpha value is -2.99. The van der Waals surface area contributed by atoms with Gasteiger partial charge in [-0.1, -0.05) is 20.8 Å². The highest BCUT2D eigenvalue weighted by atomic mass is 16.6. The van der Waals surface area contributed by atoms with Crippen molar-refractivity contribution in [1.29, 1.82) is 0 Å². The Morgan fingerprint density at radius 3 is 1.81 bits per heavy atom. The summed E-state index contributed by atoms with van der Waals surface area (Å²) in [4.78, 5) is 62.9. The molecular formula is C30H42O12. The molecule has 234 valence electrons. The van der Waals surface area contributed by atoms with Crippen molar-refractivity contribution in [3.63, 3.8) is 0 Å². The first kappa shape index (κ1) is 31.9. The maximum Gasteiger partial charge on any atom is 0.303 e. The average Bonchev–Trinajstić information content (AvgIpc) is 2.82. The summed E-state index contributed by atoms with van der Waals surface area (Å²) in [5.41, 5.74) is -2.82. The quantitative estimate of drug-likeness (QED) is 0.281. The third kappa shape index (κ3) is 5.10. The van der Waals surface area contributed by atoms with Gasteiger partial charge in [0.1, 0.15) is 23.9 Å². The van der Waals surface area contributed by atoms with Crippen LogP contribution < -0.4 is 0 Å². The van der Waals surface area contributed by atoms with Crippen LogP contribution in [0.5, 0.6) is 0 Å². The molecule has 4 aliphatic rings. The summed E-state index contributed by atoms with van der Waals surface area (Å²) in [6.07, 6.45) is -5.89. The van der Waals surface area contributed by atoms with Crippen molar-refractivity contribution in [2.24, 2.45) is 22.7 Å². The van der Waals surface area contributed by atoms with Gasteiger partial charge in [-0.2, -0.15) is 0 Å². The van der Waals surface area contributed by atoms with E-state index in [9.17, 15) is 29.1 Å². The van der Waals surface area contributed by atoms with Crippen molar-refractivity contribution in [3.8, 4) is 0 Å². The van der Waals surface area contributed by atoms with E-state index in [0.717, 1.165) is 0 Å². The lowest BCUT2D eigenvalue weighted by Gasteiger charge is -2.67. The fraction of sp³-hybridized carbons (Fsp3) is 0.767. The molecule has 12 heteroatoms. The maximum atomic E-state index is 12.8. The maximum absolute atomic E-state index is 12.8. The molecule has 2 saturated carbocycles. The number of fused-ring (bicyclic) bond motifs is 5. The van der Waals surface area contributed by atoms with Crippen LogP contribution in [0.4, 0.5) is 0 Å². The molecule has 1 aliphatic heterocycles. The molecule has 12 nitrogen and oxygen atoms in total. The normalized spacial score (nSPS) is 40.0. The van der Waals surface area contributed by atoms with Gasteiger partial charge in [0.05, 0.1) is 18.1 Å². The number of ether oxygens (including phenoxy) is 6. The fourth-order valence-corrected chi connectivity index (χ4v) is 8.27. The molecule has 0 aromatic carbocycles. The van der Waals surface area contributed by atoms with Crippen LogP contribution in [0.2, 0.25) is 0 Å². The molecule has 1 N–H and O–H groups in total. The lowest BCUT2D eigenvalue weighted by atomic mass is 9.45. The standard InChI is InChI=1S/C30H42O12/c1-13-20(38-14(2)31)10-19-24(40-16(4)33)26-29(9,21(39-15(3)32)11-22-30(26,36)12-37-22)27(42-18(6)35)25(41-17(5)34)23(13)28(19,7)8/h19-22,24-27,36H,10-12H2,1-9H3/t19-,20-,21-,22+,24+,25+,26-,27-,29+,30-/m0/s1. The highest BCUT2D eigenvalue weighted by Crippen LogP contribution is 2.64. The Kier molecular flexibility index (Phi) is 8.31. The summed E-state index contributed by atoms with van der Waals surface area (Å²) in [6.45, 7) is 13.4. The second-order valence-electron chi connectivity index (χ2n) is 12.9. The molecule has 4 rings (SSSR count). The summed E-state index contributed by atoms with van der Waals surface area (Å²) < 4.78 is 35.5. The van der Waals surface area contributed by atoms with Crippen LogP contribution in [0, 0.1) is 22.7 Å². The molecule has 1 heterocycles. The smallest absolute Gasteiger partial charge is 0.303 e. The SMILES string of the molecule is CC(=O)O[C@H]1[C@@H]2[C@]3(O)CO[C@@H]3C[C@H](OC(C)=O)[C@@]2(C)[C@@H](OC(C)=O)[C@H](OC(C)=O)C2=C(C)[C@@H](OC(C)=O)C[C@@H]1C2(C)C. The Balaban J connectivity index is 2.13. The van der Waals surface area contributed by atoms with Crippen molar-refractivity contribution in [1.82, 2.24) is 0 Å². The second kappa shape index (κ2) is 10.9. The van der Waals surface area contributed by atoms with Gasteiger partial charge >= 0.3 is 29.8 Å². The number of esters is 5. The third-order valence-corrected chi connectivity index (χ3v) is 9.80. The van der Waals surface area contributed by atoms with Gasteiger partial charge in [-0.15, -0.1) is 0 Å². The summed E-state index contributed by atoms with van der Waals surface area (Å²) in [5.74, 6) is -4.77. The summed E-state index contributed by atoms with van der Waals surface area (Å²) in [5, 5.41) is 12.3. The number of hydrogen-bond donors (Lipinski definition) is 1. The van der Waals surface area contributed by atoms with Gasteiger partial charge in [-0.3, -0.25) is 24.0 Å². The number of hydrogen-bond acceptors (Lipinski definition) is 12. The van der Waals surface area contributed by atoms with E-state index < -0.39 is 94.7 Å². The minimum absolute atomic E-state index is 0.0581. The van der Waals surface area contributed by atoms with E-state index in [1.54, 1.807) is 13.8 Å². The number of rotatable bonds is 5. The minimum Gasteiger partial charge on any atom is -0.462 e. The van der Waals surface area contributed by atoms with Crippen LogP contribution in [0.25, 0.3) is 0 Å². The average molecular weight is 595 g/mol. The van der Waals surface area contributed by atoms with Crippen molar-refractivity contribution >= 4 is 29.8 Å². The molecule has 42 heavy (non-hydrogen) atoms. The first-order valence-electron chi connectivity index (χ1n) is 14.3. The van der Waals surface area contributed by atoms with Gasteiger partial charge in [-0.25, -0.2) is 0 Å². The van der Waals surface area contributed by atoms with Gasteiger partial charge in [-0.05, 0) is 29.9 Å². The molecule has 0 aromatic heterocycles. The van der Waals surface area contributed by atoms with Gasteiger partial charge in [0.25, 0.3) is 0 Å². The zero-order valence-electron chi connectivity index (χ0n) is 25.7. The Morgan fingerprint density at radius 2 is 1.33 bits per heavy atom. The van der Waals surface area contributed by atoms with E-state index >= 15 is 0 Å². The van der Waals surface area contributed by atoms with Gasteiger partial charge in [0.2, 0.25) is 0 Å². The van der Waals surface area contributed by atoms with Crippen LogP contribution in [-0.4, -0.2) is 83.8 Å². The van der Waals surface area contributed by atoms with Crippen molar-refractivity contribution in [2.45, 2.75) is 117 Å². The number of carbonyl (C=O) groups is 5. The van der Waals surface area contributed by atoms with E-state index in [4.69, 9.17) is 28.4 Å². The monoisotopic (exact) mass is 594 g/mol. The Bertz CT molecular complexity index is 1200. The predicted octanol–water partition coefficient (Wildman–Crippen LogP) is 2.18. The van der Waals surface area contributed by atoms with Crippen LogP contribution in [0.3, 0.4) is 0 Å². The van der Waals surface area contributed by atoms with Crippen molar-refractivity contribution in [3.05, 3.63) is 11.1 Å². The molecule has 0 aromatic rings. The van der Waals surface area contributed by atoms with Crippen molar-refractivity contribution in [2.75, 3.05) is 6.61 Å². The number of aliphatic hydroxyl groups is 1. The summed E-state index contributed by atoms with van der Waals surface area (Å²) >= 11 is 0. The van der Waals surface area contributed by atoms with E-state index in [1.165, 1.54) is 34.6 Å². The second-order valence-corrected chi connectivity index (χ2v) is 12.9. The Morgan fingerprint density at radius 1 is 0.786 bits per heavy atom. The van der Waals surface area contributed by atoms with Crippen LogP contribution >= 0.6 is 0 Å². The highest BCUT2D eigenvalue weighted by molar-refractivity contribution is 5.69. The van der Waals surface area contributed by atoms with Gasteiger partial charge < -0.3 is 33.5 Å². The van der Waals surface area contributed by atoms with Gasteiger partial charge in [0, 0.05) is 52.9 Å². The molecule has 0 radical (unpaired) electrons. The first-order valence-corrected chi connectivity index (χ1v) is 14.3. The van der Waals surface area contributed by atoms with Crippen LogP contribution in [0.15, 0.2) is 11.1 Å². The van der Waals surface area contributed by atoms with E-state index in [-0.39, 0.29) is 19.4 Å². The Labute approximate surface area is 245 Å². The third-order valence-electron chi connectivity index (χ3n) is 9.80. The van der Waals surface area contributed by atoms with Crippen molar-refractivity contribution < 1.29 is 57.5 Å². The zero-order valence-corrected chi connectivity index (χ0v) is 25.7. The van der Waals surface area contributed by atoms with E-state index in [0.29, 0.717) is 11.1 Å². The lowest BCUT2D eigenvalue weighted by molar-refractivity contribution is -0.354. The lowest BCUT2D eigenvalue weighted by Crippen LogP contribution is -2.79. The molecule has 2 bridgehead atoms. The molecule has 0 amide bonds. The molecule has 3 aliphatic carbocycles. The fourth-order valence-electron chi connectivity index (χ4n) is 8.27. The first-order chi connectivity index (χ1) is 19.3. The van der Waals surface area contributed by atoms with Gasteiger partial charge in [0.15, 0.2) is 12.2 Å². The molecule has 0 unspecified atom stereocenters. The molecule has 0 spiro atoms.